The van der Waals surface area contributed by atoms with Gasteiger partial charge in [0.05, 0.1) is 4.90 Å². The summed E-state index contributed by atoms with van der Waals surface area (Å²) in [6.45, 7) is 8.08. The third-order valence-electron chi connectivity index (χ3n) is 4.86. The molecule has 1 aromatic carbocycles. The fourth-order valence-corrected chi connectivity index (χ4v) is 5.61. The lowest BCUT2D eigenvalue weighted by Gasteiger charge is -2.20. The van der Waals surface area contributed by atoms with Gasteiger partial charge in [0.1, 0.15) is 0 Å². The third-order valence-corrected chi connectivity index (χ3v) is 7.75. The van der Waals surface area contributed by atoms with Gasteiger partial charge in [0, 0.05) is 24.5 Å². The van der Waals surface area contributed by atoms with Crippen LogP contribution >= 0.6 is 0 Å². The van der Waals surface area contributed by atoms with Crippen LogP contribution in [0.3, 0.4) is 0 Å². The lowest BCUT2D eigenvalue weighted by molar-refractivity contribution is 0.426. The second-order valence-electron chi connectivity index (χ2n) is 6.73. The molecule has 3 rings (SSSR count). The largest absolute Gasteiger partial charge is 0.243 e. The third kappa shape index (κ3) is 3.15. The van der Waals surface area contributed by atoms with Gasteiger partial charge in [0.25, 0.3) is 0 Å². The Hall–Kier alpha value is -1.22. The van der Waals surface area contributed by atoms with E-state index in [1.54, 1.807) is 12.1 Å². The van der Waals surface area contributed by atoms with E-state index in [9.17, 15) is 16.8 Å². The van der Waals surface area contributed by atoms with Crippen LogP contribution in [0.5, 0.6) is 0 Å². The maximum absolute atomic E-state index is 12.7. The van der Waals surface area contributed by atoms with Crippen molar-refractivity contribution in [3.05, 3.63) is 41.8 Å². The van der Waals surface area contributed by atoms with Crippen molar-refractivity contribution in [3.63, 3.8) is 0 Å². The predicted molar refractivity (Wildman–Crippen MR) is 92.3 cm³/mol. The molecule has 1 aliphatic heterocycles. The van der Waals surface area contributed by atoms with Gasteiger partial charge in [-0.25, -0.2) is 21.6 Å². The second kappa shape index (κ2) is 5.94. The average Bonchev–Trinajstić information content (AvgIpc) is 2.97. The Labute approximate surface area is 143 Å². The molecule has 1 aromatic rings. The zero-order valence-electron chi connectivity index (χ0n) is 13.7. The maximum atomic E-state index is 12.7. The number of fused-ring (bicyclic) bond motifs is 1. The first kappa shape index (κ1) is 17.6. The number of nitrogens with one attached hydrogen (secondary N) is 1. The van der Waals surface area contributed by atoms with Crippen molar-refractivity contribution >= 4 is 20.0 Å². The molecule has 0 bridgehead atoms. The summed E-state index contributed by atoms with van der Waals surface area (Å²) in [6, 6.07) is 6.80. The lowest BCUT2D eigenvalue weighted by atomic mass is 10.0. The SMILES string of the molecule is C=CS(=O)(=O)N[C@H]1[C@@H]2CN(S(=O)(=O)c3ccc(C(C)C)cc3)C[C@@H]21. The topological polar surface area (TPSA) is 83.6 Å². The van der Waals surface area contributed by atoms with E-state index < -0.39 is 20.0 Å². The first-order valence-corrected chi connectivity index (χ1v) is 10.9. The molecule has 2 aliphatic rings. The first-order valence-electron chi connectivity index (χ1n) is 7.90. The van der Waals surface area contributed by atoms with Crippen LogP contribution in [0.15, 0.2) is 41.1 Å². The molecule has 1 heterocycles. The van der Waals surface area contributed by atoms with Crippen LogP contribution in [0.25, 0.3) is 0 Å². The number of hydrogen-bond donors (Lipinski definition) is 1. The van der Waals surface area contributed by atoms with E-state index in [4.69, 9.17) is 0 Å². The molecule has 2 fully saturated rings. The summed E-state index contributed by atoms with van der Waals surface area (Å²) in [5, 5.41) is 0.881. The molecule has 1 saturated heterocycles. The van der Waals surface area contributed by atoms with Crippen molar-refractivity contribution in [2.75, 3.05) is 13.1 Å². The van der Waals surface area contributed by atoms with Crippen molar-refractivity contribution in [1.82, 2.24) is 9.03 Å². The van der Waals surface area contributed by atoms with Crippen LogP contribution in [0.4, 0.5) is 0 Å². The molecule has 1 aliphatic carbocycles. The molecule has 0 unspecified atom stereocenters. The van der Waals surface area contributed by atoms with Gasteiger partial charge in [-0.05, 0) is 35.4 Å². The summed E-state index contributed by atoms with van der Waals surface area (Å²) in [7, 11) is -6.99. The Kier molecular flexibility index (Phi) is 4.36. The van der Waals surface area contributed by atoms with Gasteiger partial charge in [0.15, 0.2) is 0 Å². The standard InChI is InChI=1S/C16H22N2O4S2/c1-4-23(19,20)17-16-14-9-18(10-15(14)16)24(21,22)13-7-5-12(6-8-13)11(2)3/h4-8,11,14-17H,1,9-10H2,2-3H3/t14-,15+,16+. The van der Waals surface area contributed by atoms with Gasteiger partial charge in [0.2, 0.25) is 20.0 Å². The van der Waals surface area contributed by atoms with Gasteiger partial charge < -0.3 is 0 Å². The van der Waals surface area contributed by atoms with Crippen LogP contribution < -0.4 is 4.72 Å². The Balaban J connectivity index is 1.68. The first-order chi connectivity index (χ1) is 11.2. The zero-order chi connectivity index (χ0) is 17.7. The minimum absolute atomic E-state index is 0.0458. The molecule has 0 amide bonds. The van der Waals surface area contributed by atoms with Crippen molar-refractivity contribution < 1.29 is 16.8 Å². The normalized spacial score (nSPS) is 27.2. The van der Waals surface area contributed by atoms with Crippen molar-refractivity contribution in [2.45, 2.75) is 30.7 Å². The summed E-state index contributed by atoms with van der Waals surface area (Å²) in [5.74, 6) is 0.439. The van der Waals surface area contributed by atoms with E-state index in [1.807, 2.05) is 12.1 Å². The van der Waals surface area contributed by atoms with E-state index >= 15 is 0 Å². The van der Waals surface area contributed by atoms with Gasteiger partial charge in [-0.15, -0.1) is 0 Å². The lowest BCUT2D eigenvalue weighted by Crippen LogP contribution is -2.36. The number of piperidine rings is 1. The molecule has 0 spiro atoms. The fourth-order valence-electron chi connectivity index (χ4n) is 3.27. The molecule has 0 aromatic heterocycles. The molecule has 1 N–H and O–H groups in total. The summed E-state index contributed by atoms with van der Waals surface area (Å²) in [4.78, 5) is 0.288. The molecule has 132 valence electrons. The minimum atomic E-state index is -3.52. The highest BCUT2D eigenvalue weighted by Crippen LogP contribution is 2.47. The van der Waals surface area contributed by atoms with Gasteiger partial charge >= 0.3 is 0 Å². The number of hydrogen-bond acceptors (Lipinski definition) is 4. The number of sulfonamides is 2. The maximum Gasteiger partial charge on any atom is 0.243 e. The second-order valence-corrected chi connectivity index (χ2v) is 10.3. The molecular formula is C16H22N2O4S2. The van der Waals surface area contributed by atoms with E-state index in [0.717, 1.165) is 11.0 Å². The van der Waals surface area contributed by atoms with E-state index in [0.29, 0.717) is 19.0 Å². The Bertz CT molecular complexity index is 833. The molecule has 24 heavy (non-hydrogen) atoms. The monoisotopic (exact) mass is 370 g/mol. The highest BCUT2D eigenvalue weighted by atomic mass is 32.2. The summed E-state index contributed by atoms with van der Waals surface area (Å²) >= 11 is 0. The summed E-state index contributed by atoms with van der Waals surface area (Å²) in [6.07, 6.45) is 0. The quantitative estimate of drug-likeness (QED) is 0.822. The van der Waals surface area contributed by atoms with Crippen LogP contribution in [-0.2, 0) is 20.0 Å². The molecule has 6 nitrogen and oxygen atoms in total. The zero-order valence-corrected chi connectivity index (χ0v) is 15.3. The highest BCUT2D eigenvalue weighted by molar-refractivity contribution is 7.92. The smallest absolute Gasteiger partial charge is 0.208 e. The van der Waals surface area contributed by atoms with Crippen LogP contribution in [0, 0.1) is 11.8 Å². The van der Waals surface area contributed by atoms with Gasteiger partial charge in [-0.2, -0.15) is 4.31 Å². The number of nitrogens with zero attached hydrogens (tertiary/aromatic N) is 1. The summed E-state index contributed by atoms with van der Waals surface area (Å²) < 4.78 is 52.4. The number of benzene rings is 1. The molecule has 8 heteroatoms. The van der Waals surface area contributed by atoms with E-state index in [-0.39, 0.29) is 22.8 Å². The molecular weight excluding hydrogens is 348 g/mol. The molecule has 0 radical (unpaired) electrons. The van der Waals surface area contributed by atoms with E-state index in [1.165, 1.54) is 4.31 Å². The predicted octanol–water partition coefficient (Wildman–Crippen LogP) is 1.49. The van der Waals surface area contributed by atoms with Crippen LogP contribution in [0.1, 0.15) is 25.3 Å². The van der Waals surface area contributed by atoms with Crippen LogP contribution in [-0.4, -0.2) is 40.3 Å². The number of rotatable bonds is 6. The van der Waals surface area contributed by atoms with Gasteiger partial charge in [-0.3, -0.25) is 0 Å². The Morgan fingerprint density at radius 1 is 1.12 bits per heavy atom. The van der Waals surface area contributed by atoms with E-state index in [2.05, 4.69) is 25.1 Å². The van der Waals surface area contributed by atoms with Crippen molar-refractivity contribution in [1.29, 1.82) is 0 Å². The summed E-state index contributed by atoms with van der Waals surface area (Å²) in [5.41, 5.74) is 1.09. The Morgan fingerprint density at radius 2 is 1.67 bits per heavy atom. The fraction of sp³-hybridized carbons (Fsp3) is 0.500. The average molecular weight is 370 g/mol. The van der Waals surface area contributed by atoms with Crippen LogP contribution in [0.2, 0.25) is 0 Å². The van der Waals surface area contributed by atoms with Gasteiger partial charge in [-0.1, -0.05) is 32.6 Å². The Morgan fingerprint density at radius 3 is 2.12 bits per heavy atom. The van der Waals surface area contributed by atoms with Crippen molar-refractivity contribution in [3.8, 4) is 0 Å². The minimum Gasteiger partial charge on any atom is -0.208 e. The highest BCUT2D eigenvalue weighted by Gasteiger charge is 2.59. The molecule has 1 saturated carbocycles. The molecule has 3 atom stereocenters. The van der Waals surface area contributed by atoms with Crippen molar-refractivity contribution in [2.24, 2.45) is 11.8 Å².